The molecule has 0 aliphatic carbocycles. The number of rotatable bonds is 4. The molecule has 0 radical (unpaired) electrons. The summed E-state index contributed by atoms with van der Waals surface area (Å²) >= 11 is 0. The minimum Gasteiger partial charge on any atom is -0.485 e. The molecule has 1 aliphatic heterocycles. The number of fused-ring (bicyclic) bond motifs is 1. The molecule has 2 aromatic rings. The van der Waals surface area contributed by atoms with Crippen molar-refractivity contribution in [3.05, 3.63) is 47.9 Å². The summed E-state index contributed by atoms with van der Waals surface area (Å²) in [5.41, 5.74) is 0. The Balaban J connectivity index is 1.57. The first-order chi connectivity index (χ1) is 10.6. The Bertz CT molecular complexity index is 708. The maximum atomic E-state index is 12.0. The van der Waals surface area contributed by atoms with E-state index >= 15 is 0 Å². The average molecular weight is 303 g/mol. The van der Waals surface area contributed by atoms with Gasteiger partial charge in [-0.15, -0.1) is 0 Å². The van der Waals surface area contributed by atoms with Gasteiger partial charge in [-0.2, -0.15) is 0 Å². The quantitative estimate of drug-likeness (QED) is 0.886. The molecule has 1 atom stereocenters. The van der Waals surface area contributed by atoms with Gasteiger partial charge in [-0.05, 0) is 24.3 Å². The predicted octanol–water partition coefficient (Wildman–Crippen LogP) is 1.43. The maximum Gasteiger partial charge on any atom is 0.371 e. The molecule has 2 N–H and O–H groups in total. The smallest absolute Gasteiger partial charge is 0.371 e. The second-order valence-electron chi connectivity index (χ2n) is 4.65. The second kappa shape index (κ2) is 5.80. The normalized spacial score (nSPS) is 16.1. The second-order valence-corrected chi connectivity index (χ2v) is 4.65. The number of carboxylic acid groups (broad SMARTS) is 1. The number of ether oxygens (including phenoxy) is 2. The van der Waals surface area contributed by atoms with Gasteiger partial charge in [-0.3, -0.25) is 4.79 Å². The minimum absolute atomic E-state index is 0.0770. The Kier molecular flexibility index (Phi) is 3.69. The number of carboxylic acids is 1. The summed E-state index contributed by atoms with van der Waals surface area (Å²) in [5.74, 6) is -0.219. The third-order valence-electron chi connectivity index (χ3n) is 3.11. The van der Waals surface area contributed by atoms with E-state index in [1.54, 1.807) is 18.2 Å². The number of benzene rings is 1. The summed E-state index contributed by atoms with van der Waals surface area (Å²) in [7, 11) is 0. The first-order valence-corrected chi connectivity index (χ1v) is 6.61. The fourth-order valence-corrected chi connectivity index (χ4v) is 2.02. The lowest BCUT2D eigenvalue weighted by Crippen LogP contribution is -2.43. The molecule has 7 nitrogen and oxygen atoms in total. The Morgan fingerprint density at radius 3 is 2.68 bits per heavy atom. The van der Waals surface area contributed by atoms with E-state index in [9.17, 15) is 9.59 Å². The average Bonchev–Trinajstić information content (AvgIpc) is 3.01. The monoisotopic (exact) mass is 303 g/mol. The van der Waals surface area contributed by atoms with Gasteiger partial charge >= 0.3 is 5.97 Å². The van der Waals surface area contributed by atoms with Crippen LogP contribution in [0.2, 0.25) is 0 Å². The molecule has 0 bridgehead atoms. The number of para-hydroxylation sites is 2. The molecule has 1 amide bonds. The van der Waals surface area contributed by atoms with Crippen molar-refractivity contribution < 1.29 is 28.6 Å². The van der Waals surface area contributed by atoms with Crippen molar-refractivity contribution in [2.24, 2.45) is 0 Å². The maximum absolute atomic E-state index is 12.0. The first kappa shape index (κ1) is 14.0. The molecule has 1 aliphatic rings. The highest BCUT2D eigenvalue weighted by Gasteiger charge is 2.27. The number of nitrogens with one attached hydrogen (secondary N) is 1. The van der Waals surface area contributed by atoms with E-state index in [0.717, 1.165) is 0 Å². The molecule has 0 spiro atoms. The molecule has 1 unspecified atom stereocenters. The summed E-state index contributed by atoms with van der Waals surface area (Å²) in [4.78, 5) is 22.7. The fourth-order valence-electron chi connectivity index (χ4n) is 2.02. The number of amides is 1. The van der Waals surface area contributed by atoms with Gasteiger partial charge in [0.05, 0.1) is 6.54 Å². The van der Waals surface area contributed by atoms with Crippen LogP contribution in [0.5, 0.6) is 11.5 Å². The SMILES string of the molecule is O=C(O)c1ccc(CNC(=O)C2COc3ccccc3O2)o1. The van der Waals surface area contributed by atoms with Gasteiger partial charge in [0.1, 0.15) is 12.4 Å². The number of carbonyl (C=O) groups is 2. The zero-order chi connectivity index (χ0) is 15.5. The van der Waals surface area contributed by atoms with E-state index in [4.69, 9.17) is 19.0 Å². The van der Waals surface area contributed by atoms with Crippen molar-refractivity contribution in [2.75, 3.05) is 6.61 Å². The van der Waals surface area contributed by atoms with Crippen molar-refractivity contribution in [3.63, 3.8) is 0 Å². The van der Waals surface area contributed by atoms with Crippen LogP contribution in [0.4, 0.5) is 0 Å². The molecule has 1 aromatic heterocycles. The Morgan fingerprint density at radius 1 is 1.18 bits per heavy atom. The number of furan rings is 1. The van der Waals surface area contributed by atoms with Crippen molar-refractivity contribution in [1.82, 2.24) is 5.32 Å². The summed E-state index contributed by atoms with van der Waals surface area (Å²) in [6, 6.07) is 9.93. The van der Waals surface area contributed by atoms with E-state index < -0.39 is 12.1 Å². The van der Waals surface area contributed by atoms with Crippen LogP contribution in [-0.4, -0.2) is 29.7 Å². The van der Waals surface area contributed by atoms with Crippen molar-refractivity contribution in [1.29, 1.82) is 0 Å². The predicted molar refractivity (Wildman–Crippen MR) is 73.9 cm³/mol. The van der Waals surface area contributed by atoms with Crippen molar-refractivity contribution in [3.8, 4) is 11.5 Å². The van der Waals surface area contributed by atoms with Crippen molar-refractivity contribution >= 4 is 11.9 Å². The third-order valence-corrected chi connectivity index (χ3v) is 3.11. The summed E-state index contributed by atoms with van der Waals surface area (Å²) in [5, 5.41) is 11.4. The minimum atomic E-state index is -1.15. The van der Waals surface area contributed by atoms with Gasteiger partial charge in [0.15, 0.2) is 11.5 Å². The summed E-state index contributed by atoms with van der Waals surface area (Å²) in [6.45, 7) is 0.189. The largest absolute Gasteiger partial charge is 0.485 e. The molecule has 0 saturated heterocycles. The molecule has 7 heteroatoms. The van der Waals surface area contributed by atoms with E-state index in [0.29, 0.717) is 17.3 Å². The lowest BCUT2D eigenvalue weighted by atomic mass is 10.2. The molecule has 1 aromatic carbocycles. The van der Waals surface area contributed by atoms with Crippen molar-refractivity contribution in [2.45, 2.75) is 12.6 Å². The summed E-state index contributed by atoms with van der Waals surface area (Å²) in [6.07, 6.45) is -0.760. The van der Waals surface area contributed by atoms with Gasteiger partial charge in [-0.1, -0.05) is 12.1 Å². The molecular weight excluding hydrogens is 290 g/mol. The molecular formula is C15H13NO6. The molecule has 3 rings (SSSR count). The Morgan fingerprint density at radius 2 is 1.95 bits per heavy atom. The molecule has 2 heterocycles. The topological polar surface area (TPSA) is 98.0 Å². The van der Waals surface area contributed by atoms with E-state index in [1.807, 2.05) is 6.07 Å². The number of hydrogen-bond donors (Lipinski definition) is 2. The standard InChI is InChI=1S/C15H13NO6/c17-14(16-7-9-5-6-12(21-9)15(18)19)13-8-20-10-3-1-2-4-11(10)22-13/h1-6,13H,7-8H2,(H,16,17)(H,18,19). The van der Waals surface area contributed by atoms with Gasteiger partial charge in [-0.25, -0.2) is 4.79 Å². The van der Waals surface area contributed by atoms with Crippen LogP contribution >= 0.6 is 0 Å². The van der Waals surface area contributed by atoms with Crippen LogP contribution < -0.4 is 14.8 Å². The first-order valence-electron chi connectivity index (χ1n) is 6.61. The highest BCUT2D eigenvalue weighted by atomic mass is 16.6. The summed E-state index contributed by atoms with van der Waals surface area (Å²) < 4.78 is 16.1. The van der Waals surface area contributed by atoms with E-state index in [2.05, 4.69) is 5.32 Å². The molecule has 0 fully saturated rings. The van der Waals surface area contributed by atoms with E-state index in [-0.39, 0.29) is 24.8 Å². The highest BCUT2D eigenvalue weighted by Crippen LogP contribution is 2.30. The van der Waals surface area contributed by atoms with E-state index in [1.165, 1.54) is 12.1 Å². The van der Waals surface area contributed by atoms with Gasteiger partial charge in [0.2, 0.25) is 11.9 Å². The van der Waals surface area contributed by atoms with Crippen LogP contribution in [0.15, 0.2) is 40.8 Å². The van der Waals surface area contributed by atoms with Crippen LogP contribution in [0.25, 0.3) is 0 Å². The van der Waals surface area contributed by atoms with Gasteiger partial charge < -0.3 is 24.3 Å². The molecule has 0 saturated carbocycles. The van der Waals surface area contributed by atoms with Crippen LogP contribution in [0.3, 0.4) is 0 Å². The lowest BCUT2D eigenvalue weighted by molar-refractivity contribution is -0.130. The zero-order valence-electron chi connectivity index (χ0n) is 11.4. The van der Waals surface area contributed by atoms with Gasteiger partial charge in [0.25, 0.3) is 5.91 Å². The van der Waals surface area contributed by atoms with Crippen LogP contribution in [0.1, 0.15) is 16.3 Å². The number of aromatic carboxylic acids is 1. The third kappa shape index (κ3) is 2.88. The Labute approximate surface area is 125 Å². The lowest BCUT2D eigenvalue weighted by Gasteiger charge is -2.25. The Hall–Kier alpha value is -2.96. The highest BCUT2D eigenvalue weighted by molar-refractivity contribution is 5.84. The van der Waals surface area contributed by atoms with Gasteiger partial charge in [0, 0.05) is 0 Å². The number of hydrogen-bond acceptors (Lipinski definition) is 5. The molecule has 22 heavy (non-hydrogen) atoms. The zero-order valence-corrected chi connectivity index (χ0v) is 11.4. The van der Waals surface area contributed by atoms with Crippen LogP contribution in [0, 0.1) is 0 Å². The fraction of sp³-hybridized carbons (Fsp3) is 0.200. The molecule has 114 valence electrons. The van der Waals surface area contributed by atoms with Crippen LogP contribution in [-0.2, 0) is 11.3 Å². The number of carbonyl (C=O) groups excluding carboxylic acids is 1.